The van der Waals surface area contributed by atoms with Gasteiger partial charge in [0.1, 0.15) is 5.00 Å². The van der Waals surface area contributed by atoms with Gasteiger partial charge in [0.05, 0.1) is 11.2 Å². The van der Waals surface area contributed by atoms with Gasteiger partial charge in [-0.3, -0.25) is 4.90 Å². The van der Waals surface area contributed by atoms with Crippen molar-refractivity contribution in [3.05, 3.63) is 11.2 Å². The average Bonchev–Trinajstić information content (AvgIpc) is 3.15. The highest BCUT2D eigenvalue weighted by Gasteiger charge is 2.31. The summed E-state index contributed by atoms with van der Waals surface area (Å²) in [5, 5.41) is 2.53. The zero-order chi connectivity index (χ0) is 12.3. The van der Waals surface area contributed by atoms with Crippen molar-refractivity contribution in [1.29, 1.82) is 0 Å². The first kappa shape index (κ1) is 12.8. The molecule has 3 nitrogen and oxygen atoms in total. The second-order valence-electron chi connectivity index (χ2n) is 4.47. The molecule has 0 aromatic carbocycles. The van der Waals surface area contributed by atoms with Crippen LogP contribution in [0.4, 0.5) is 5.00 Å². The van der Waals surface area contributed by atoms with E-state index in [-0.39, 0.29) is 0 Å². The molecule has 0 atom stereocenters. The first-order chi connectivity index (χ1) is 8.33. The van der Waals surface area contributed by atoms with Crippen LogP contribution in [-0.2, 0) is 0 Å². The molecule has 1 saturated heterocycles. The van der Waals surface area contributed by atoms with Gasteiger partial charge in [-0.05, 0) is 19.8 Å². The van der Waals surface area contributed by atoms with Crippen LogP contribution in [0.3, 0.4) is 0 Å². The molecule has 0 amide bonds. The van der Waals surface area contributed by atoms with E-state index in [2.05, 4.69) is 21.7 Å². The molecule has 0 N–H and O–H groups in total. The molecule has 17 heavy (non-hydrogen) atoms. The minimum atomic E-state index is 0.926. The van der Waals surface area contributed by atoms with Crippen LogP contribution >= 0.6 is 11.3 Å². The molecule has 3 rings (SSSR count). The SMILES string of the molecule is CC.Cc1ncc(N2CCN(C3CC3)CC2)s1. The van der Waals surface area contributed by atoms with Crippen molar-refractivity contribution in [3.63, 3.8) is 0 Å². The topological polar surface area (TPSA) is 19.4 Å². The monoisotopic (exact) mass is 253 g/mol. The maximum atomic E-state index is 4.32. The van der Waals surface area contributed by atoms with Gasteiger partial charge in [0.25, 0.3) is 0 Å². The van der Waals surface area contributed by atoms with Crippen molar-refractivity contribution in [2.45, 2.75) is 39.7 Å². The fraction of sp³-hybridized carbons (Fsp3) is 0.769. The molecule has 1 aliphatic heterocycles. The summed E-state index contributed by atoms with van der Waals surface area (Å²) in [4.78, 5) is 9.44. The zero-order valence-corrected chi connectivity index (χ0v) is 12.0. The third-order valence-corrected chi connectivity index (χ3v) is 4.27. The number of nitrogens with zero attached hydrogens (tertiary/aromatic N) is 3. The minimum Gasteiger partial charge on any atom is -0.360 e. The lowest BCUT2D eigenvalue weighted by molar-refractivity contribution is 0.248. The van der Waals surface area contributed by atoms with Crippen LogP contribution in [-0.4, -0.2) is 42.1 Å². The summed E-state index contributed by atoms with van der Waals surface area (Å²) < 4.78 is 0. The van der Waals surface area contributed by atoms with E-state index in [1.54, 1.807) is 0 Å². The van der Waals surface area contributed by atoms with Crippen molar-refractivity contribution in [2.24, 2.45) is 0 Å². The lowest BCUT2D eigenvalue weighted by Gasteiger charge is -2.35. The van der Waals surface area contributed by atoms with Gasteiger partial charge in [-0.25, -0.2) is 4.98 Å². The lowest BCUT2D eigenvalue weighted by atomic mass is 10.3. The van der Waals surface area contributed by atoms with Crippen molar-refractivity contribution in [3.8, 4) is 0 Å². The van der Waals surface area contributed by atoms with Gasteiger partial charge in [0.15, 0.2) is 0 Å². The van der Waals surface area contributed by atoms with E-state index in [1.165, 1.54) is 49.0 Å². The van der Waals surface area contributed by atoms with Crippen molar-refractivity contribution in [2.75, 3.05) is 31.1 Å². The summed E-state index contributed by atoms with van der Waals surface area (Å²) in [5.74, 6) is 0. The number of hydrogen-bond donors (Lipinski definition) is 0. The maximum absolute atomic E-state index is 4.32. The zero-order valence-electron chi connectivity index (χ0n) is 11.1. The Morgan fingerprint density at radius 1 is 1.18 bits per heavy atom. The molecule has 1 aromatic heterocycles. The number of anilines is 1. The second kappa shape index (κ2) is 5.83. The van der Waals surface area contributed by atoms with Crippen LogP contribution in [0.1, 0.15) is 31.7 Å². The second-order valence-corrected chi connectivity index (χ2v) is 5.68. The first-order valence-corrected chi connectivity index (χ1v) is 7.56. The molecule has 0 bridgehead atoms. The molecule has 1 aromatic rings. The van der Waals surface area contributed by atoms with Gasteiger partial charge >= 0.3 is 0 Å². The Labute approximate surface area is 108 Å². The van der Waals surface area contributed by atoms with Gasteiger partial charge in [-0.2, -0.15) is 0 Å². The molecule has 0 unspecified atom stereocenters. The Bertz CT molecular complexity index is 338. The van der Waals surface area contributed by atoms with E-state index >= 15 is 0 Å². The van der Waals surface area contributed by atoms with Crippen molar-refractivity contribution >= 4 is 16.3 Å². The highest BCUT2D eigenvalue weighted by molar-refractivity contribution is 7.15. The number of aromatic nitrogens is 1. The number of thiazole rings is 1. The molecule has 96 valence electrons. The summed E-state index contributed by atoms with van der Waals surface area (Å²) >= 11 is 1.82. The predicted octanol–water partition coefficient (Wildman–Crippen LogP) is 2.76. The Morgan fingerprint density at radius 2 is 1.82 bits per heavy atom. The molecular weight excluding hydrogens is 230 g/mol. The third kappa shape index (κ3) is 3.19. The average molecular weight is 253 g/mol. The Hall–Kier alpha value is -0.610. The maximum Gasteiger partial charge on any atom is 0.111 e. The minimum absolute atomic E-state index is 0.926. The molecule has 4 heteroatoms. The normalized spacial score (nSPS) is 21.0. The molecule has 2 fully saturated rings. The van der Waals surface area contributed by atoms with Crippen LogP contribution in [0.15, 0.2) is 6.20 Å². The van der Waals surface area contributed by atoms with E-state index < -0.39 is 0 Å². The fourth-order valence-corrected chi connectivity index (χ4v) is 3.07. The smallest absolute Gasteiger partial charge is 0.111 e. The van der Waals surface area contributed by atoms with Crippen LogP contribution in [0.5, 0.6) is 0 Å². The fourth-order valence-electron chi connectivity index (χ4n) is 2.24. The van der Waals surface area contributed by atoms with E-state index in [9.17, 15) is 0 Å². The number of piperazine rings is 1. The van der Waals surface area contributed by atoms with Crippen molar-refractivity contribution in [1.82, 2.24) is 9.88 Å². The van der Waals surface area contributed by atoms with Crippen LogP contribution in [0.2, 0.25) is 0 Å². The van der Waals surface area contributed by atoms with E-state index in [0.29, 0.717) is 0 Å². The molecule has 2 heterocycles. The molecule has 0 spiro atoms. The number of hydrogen-bond acceptors (Lipinski definition) is 4. The summed E-state index contributed by atoms with van der Waals surface area (Å²) in [7, 11) is 0. The Balaban J connectivity index is 0.000000514. The Kier molecular flexibility index (Phi) is 4.40. The summed E-state index contributed by atoms with van der Waals surface area (Å²) in [6.07, 6.45) is 4.88. The quantitative estimate of drug-likeness (QED) is 0.808. The first-order valence-electron chi connectivity index (χ1n) is 6.74. The van der Waals surface area contributed by atoms with Gasteiger partial charge < -0.3 is 4.90 Å². The lowest BCUT2D eigenvalue weighted by Crippen LogP contribution is -2.47. The molecule has 0 radical (unpaired) electrons. The van der Waals surface area contributed by atoms with Gasteiger partial charge in [0.2, 0.25) is 0 Å². The molecule has 1 saturated carbocycles. The summed E-state index contributed by atoms with van der Waals surface area (Å²) in [5.41, 5.74) is 0. The summed E-state index contributed by atoms with van der Waals surface area (Å²) in [6, 6.07) is 0.926. The summed E-state index contributed by atoms with van der Waals surface area (Å²) in [6.45, 7) is 10.9. The van der Waals surface area contributed by atoms with E-state index in [4.69, 9.17) is 0 Å². The van der Waals surface area contributed by atoms with Crippen molar-refractivity contribution < 1.29 is 0 Å². The van der Waals surface area contributed by atoms with Gasteiger partial charge in [-0.15, -0.1) is 11.3 Å². The van der Waals surface area contributed by atoms with Crippen LogP contribution < -0.4 is 4.90 Å². The van der Waals surface area contributed by atoms with Crippen LogP contribution in [0, 0.1) is 6.92 Å². The van der Waals surface area contributed by atoms with E-state index in [1.807, 2.05) is 31.4 Å². The number of rotatable bonds is 2. The highest BCUT2D eigenvalue weighted by Crippen LogP contribution is 2.29. The molecule has 1 aliphatic carbocycles. The third-order valence-electron chi connectivity index (χ3n) is 3.30. The van der Waals surface area contributed by atoms with Gasteiger partial charge in [0, 0.05) is 32.2 Å². The van der Waals surface area contributed by atoms with Crippen LogP contribution in [0.25, 0.3) is 0 Å². The largest absolute Gasteiger partial charge is 0.360 e. The van der Waals surface area contributed by atoms with Gasteiger partial charge in [-0.1, -0.05) is 13.8 Å². The predicted molar refractivity (Wildman–Crippen MR) is 75.0 cm³/mol. The standard InChI is InChI=1S/C11H17N3S.C2H6/c1-9-12-8-11(15-9)14-6-4-13(5-7-14)10-2-3-10;1-2/h8,10H,2-7H2,1H3;1-2H3. The number of aryl methyl sites for hydroxylation is 1. The molecular formula is C13H23N3S. The van der Waals surface area contributed by atoms with E-state index in [0.717, 1.165) is 6.04 Å². The highest BCUT2D eigenvalue weighted by atomic mass is 32.1. The molecule has 2 aliphatic rings. The Morgan fingerprint density at radius 3 is 2.29 bits per heavy atom.